The molecule has 1 N–H and O–H groups in total. The molecule has 3 heterocycles. The predicted molar refractivity (Wildman–Crippen MR) is 101 cm³/mol. The highest BCUT2D eigenvalue weighted by Crippen LogP contribution is 2.25. The fraction of sp³-hybridized carbons (Fsp3) is 0.316. The van der Waals surface area contributed by atoms with Crippen LogP contribution in [-0.4, -0.2) is 34.0 Å². The van der Waals surface area contributed by atoms with Crippen molar-refractivity contribution >= 4 is 22.9 Å². The molecule has 0 saturated carbocycles. The van der Waals surface area contributed by atoms with Crippen LogP contribution in [0.2, 0.25) is 0 Å². The number of rotatable bonds is 5. The van der Waals surface area contributed by atoms with Crippen LogP contribution in [0.4, 0.5) is 5.69 Å². The zero-order valence-corrected chi connectivity index (χ0v) is 15.4. The number of amides is 1. The number of anilines is 1. The van der Waals surface area contributed by atoms with Gasteiger partial charge in [-0.2, -0.15) is 16.3 Å². The number of nitrogens with zero attached hydrogens (tertiary/aromatic N) is 3. The summed E-state index contributed by atoms with van der Waals surface area (Å²) in [7, 11) is 0. The SMILES string of the molecule is Cc1cccc(C(=O)N2CCCC2)c1NCc1nc(-c2ccsc2)no1. The molecule has 0 aliphatic carbocycles. The van der Waals surface area contributed by atoms with Gasteiger partial charge in [0, 0.05) is 24.0 Å². The molecule has 1 amide bonds. The van der Waals surface area contributed by atoms with Crippen LogP contribution in [0.1, 0.15) is 34.7 Å². The lowest BCUT2D eigenvalue weighted by Gasteiger charge is -2.19. The molecule has 0 atom stereocenters. The first kappa shape index (κ1) is 16.8. The number of likely N-dealkylation sites (tertiary alicyclic amines) is 1. The second kappa shape index (κ2) is 7.29. The number of hydrogen-bond acceptors (Lipinski definition) is 6. The number of carbonyl (C=O) groups is 1. The van der Waals surface area contributed by atoms with Crippen molar-refractivity contribution in [3.8, 4) is 11.4 Å². The molecule has 1 aliphatic rings. The third kappa shape index (κ3) is 3.35. The first-order valence-corrected chi connectivity index (χ1v) is 9.64. The van der Waals surface area contributed by atoms with Gasteiger partial charge < -0.3 is 14.7 Å². The van der Waals surface area contributed by atoms with Crippen LogP contribution in [-0.2, 0) is 6.54 Å². The van der Waals surface area contributed by atoms with Crippen LogP contribution < -0.4 is 5.32 Å². The molecular formula is C19H20N4O2S. The van der Waals surface area contributed by atoms with Crippen LogP contribution in [0.15, 0.2) is 39.5 Å². The Hall–Kier alpha value is -2.67. The third-order valence-electron chi connectivity index (χ3n) is 4.56. The Morgan fingerprint density at radius 3 is 2.92 bits per heavy atom. The molecule has 6 nitrogen and oxygen atoms in total. The fourth-order valence-corrected chi connectivity index (χ4v) is 3.81. The van der Waals surface area contributed by atoms with Crippen LogP contribution in [0, 0.1) is 6.92 Å². The van der Waals surface area contributed by atoms with Crippen LogP contribution >= 0.6 is 11.3 Å². The van der Waals surface area contributed by atoms with Crippen molar-refractivity contribution in [1.29, 1.82) is 0 Å². The minimum atomic E-state index is 0.0817. The smallest absolute Gasteiger partial charge is 0.255 e. The number of hydrogen-bond donors (Lipinski definition) is 1. The summed E-state index contributed by atoms with van der Waals surface area (Å²) in [5.74, 6) is 1.16. The van der Waals surface area contributed by atoms with E-state index < -0.39 is 0 Å². The van der Waals surface area contributed by atoms with Crippen molar-refractivity contribution in [2.45, 2.75) is 26.3 Å². The molecule has 0 radical (unpaired) electrons. The summed E-state index contributed by atoms with van der Waals surface area (Å²) in [4.78, 5) is 19.2. The predicted octanol–water partition coefficient (Wildman–Crippen LogP) is 3.95. The van der Waals surface area contributed by atoms with E-state index in [0.29, 0.717) is 23.8 Å². The Balaban J connectivity index is 1.52. The minimum absolute atomic E-state index is 0.0817. The Morgan fingerprint density at radius 2 is 2.15 bits per heavy atom. The number of nitrogens with one attached hydrogen (secondary N) is 1. The second-order valence-electron chi connectivity index (χ2n) is 6.37. The maximum absolute atomic E-state index is 12.8. The van der Waals surface area contributed by atoms with E-state index in [1.165, 1.54) is 0 Å². The van der Waals surface area contributed by atoms with Crippen molar-refractivity contribution in [1.82, 2.24) is 15.0 Å². The molecule has 26 heavy (non-hydrogen) atoms. The normalized spacial score (nSPS) is 14.0. The number of aryl methyl sites for hydroxylation is 1. The van der Waals surface area contributed by atoms with E-state index in [1.807, 2.05) is 46.8 Å². The van der Waals surface area contributed by atoms with Crippen molar-refractivity contribution in [3.63, 3.8) is 0 Å². The average molecular weight is 368 g/mol. The summed E-state index contributed by atoms with van der Waals surface area (Å²) >= 11 is 1.59. The van der Waals surface area contributed by atoms with E-state index in [2.05, 4.69) is 15.5 Å². The highest BCUT2D eigenvalue weighted by molar-refractivity contribution is 7.08. The Kier molecular flexibility index (Phi) is 4.71. The van der Waals surface area contributed by atoms with E-state index in [4.69, 9.17) is 4.52 Å². The summed E-state index contributed by atoms with van der Waals surface area (Å²) in [5, 5.41) is 11.3. The summed E-state index contributed by atoms with van der Waals surface area (Å²) in [6.45, 7) is 4.04. The summed E-state index contributed by atoms with van der Waals surface area (Å²) in [6.07, 6.45) is 2.15. The first-order chi connectivity index (χ1) is 12.7. The average Bonchev–Trinajstić information content (AvgIpc) is 3.42. The van der Waals surface area contributed by atoms with E-state index in [1.54, 1.807) is 11.3 Å². The molecule has 134 valence electrons. The van der Waals surface area contributed by atoms with Gasteiger partial charge in [-0.05, 0) is 42.8 Å². The molecule has 1 fully saturated rings. The second-order valence-corrected chi connectivity index (χ2v) is 7.15. The Labute approximate surface area is 155 Å². The van der Waals surface area contributed by atoms with Crippen molar-refractivity contribution in [2.24, 2.45) is 0 Å². The van der Waals surface area contributed by atoms with Gasteiger partial charge in [-0.15, -0.1) is 0 Å². The van der Waals surface area contributed by atoms with Crippen molar-refractivity contribution in [3.05, 3.63) is 52.0 Å². The van der Waals surface area contributed by atoms with Gasteiger partial charge in [0.25, 0.3) is 5.91 Å². The van der Waals surface area contributed by atoms with E-state index in [9.17, 15) is 4.79 Å². The quantitative estimate of drug-likeness (QED) is 0.738. The van der Waals surface area contributed by atoms with Crippen LogP contribution in [0.5, 0.6) is 0 Å². The van der Waals surface area contributed by atoms with Gasteiger partial charge in [0.05, 0.1) is 17.8 Å². The highest BCUT2D eigenvalue weighted by atomic mass is 32.1. The molecular weight excluding hydrogens is 348 g/mol. The lowest BCUT2D eigenvalue weighted by molar-refractivity contribution is 0.0793. The maximum atomic E-state index is 12.8. The Morgan fingerprint density at radius 1 is 1.31 bits per heavy atom. The van der Waals surface area contributed by atoms with Gasteiger partial charge in [0.1, 0.15) is 0 Å². The standard InChI is InChI=1S/C19H20N4O2S/c1-13-5-4-6-15(19(24)23-8-2-3-9-23)17(13)20-11-16-21-18(22-25-16)14-7-10-26-12-14/h4-7,10,12,20H,2-3,8-9,11H2,1H3. The largest absolute Gasteiger partial charge is 0.375 e. The van der Waals surface area contributed by atoms with Gasteiger partial charge in [-0.3, -0.25) is 4.79 Å². The van der Waals surface area contributed by atoms with E-state index in [0.717, 1.165) is 42.7 Å². The van der Waals surface area contributed by atoms with E-state index in [-0.39, 0.29) is 5.91 Å². The number of thiophene rings is 1. The molecule has 2 aromatic heterocycles. The third-order valence-corrected chi connectivity index (χ3v) is 5.24. The number of carbonyl (C=O) groups excluding carboxylic acids is 1. The molecule has 4 rings (SSSR count). The zero-order chi connectivity index (χ0) is 17.9. The number of benzene rings is 1. The molecule has 1 aromatic carbocycles. The van der Waals surface area contributed by atoms with Crippen LogP contribution in [0.25, 0.3) is 11.4 Å². The number of aromatic nitrogens is 2. The zero-order valence-electron chi connectivity index (χ0n) is 14.6. The molecule has 0 bridgehead atoms. The van der Waals surface area contributed by atoms with Crippen molar-refractivity contribution in [2.75, 3.05) is 18.4 Å². The Bertz CT molecular complexity index is 898. The summed E-state index contributed by atoms with van der Waals surface area (Å²) in [5.41, 5.74) is 3.50. The molecule has 7 heteroatoms. The molecule has 0 unspecified atom stereocenters. The van der Waals surface area contributed by atoms with Gasteiger partial charge in [0.2, 0.25) is 11.7 Å². The summed E-state index contributed by atoms with van der Waals surface area (Å²) < 4.78 is 5.34. The molecule has 1 aliphatic heterocycles. The number of para-hydroxylation sites is 1. The summed E-state index contributed by atoms with van der Waals surface area (Å²) in [6, 6.07) is 7.75. The van der Waals surface area contributed by atoms with E-state index >= 15 is 0 Å². The van der Waals surface area contributed by atoms with Gasteiger partial charge in [0.15, 0.2) is 0 Å². The molecule has 3 aromatic rings. The molecule has 1 saturated heterocycles. The maximum Gasteiger partial charge on any atom is 0.255 e. The lowest BCUT2D eigenvalue weighted by atomic mass is 10.1. The van der Waals surface area contributed by atoms with Gasteiger partial charge in [-0.25, -0.2) is 0 Å². The monoisotopic (exact) mass is 368 g/mol. The minimum Gasteiger partial charge on any atom is -0.375 e. The topological polar surface area (TPSA) is 71.3 Å². The van der Waals surface area contributed by atoms with Gasteiger partial charge >= 0.3 is 0 Å². The fourth-order valence-electron chi connectivity index (χ4n) is 3.17. The van der Waals surface area contributed by atoms with Crippen LogP contribution in [0.3, 0.4) is 0 Å². The highest BCUT2D eigenvalue weighted by Gasteiger charge is 2.22. The molecule has 0 spiro atoms. The lowest BCUT2D eigenvalue weighted by Crippen LogP contribution is -2.28. The van der Waals surface area contributed by atoms with Gasteiger partial charge in [-0.1, -0.05) is 17.3 Å². The van der Waals surface area contributed by atoms with Crippen molar-refractivity contribution < 1.29 is 9.32 Å². The first-order valence-electron chi connectivity index (χ1n) is 8.70.